The standard InChI is InChI=1S/C17H23N3/c1-14(2)20(13-15-7-5-4-6-8-15)17-9-10-19-12-16(17)11-18-3/h4-10,12,14,18H,11,13H2,1-3H3. The summed E-state index contributed by atoms with van der Waals surface area (Å²) >= 11 is 0. The Labute approximate surface area is 121 Å². The van der Waals surface area contributed by atoms with Gasteiger partial charge in [-0.05, 0) is 32.5 Å². The van der Waals surface area contributed by atoms with Crippen LogP contribution >= 0.6 is 0 Å². The maximum atomic E-state index is 4.25. The number of nitrogens with one attached hydrogen (secondary N) is 1. The third-order valence-corrected chi connectivity index (χ3v) is 3.37. The van der Waals surface area contributed by atoms with E-state index in [0.29, 0.717) is 6.04 Å². The van der Waals surface area contributed by atoms with Gasteiger partial charge in [-0.1, -0.05) is 30.3 Å². The van der Waals surface area contributed by atoms with Gasteiger partial charge in [-0.2, -0.15) is 0 Å². The summed E-state index contributed by atoms with van der Waals surface area (Å²) < 4.78 is 0. The van der Waals surface area contributed by atoms with Crippen LogP contribution in [0.25, 0.3) is 0 Å². The molecule has 0 amide bonds. The Balaban J connectivity index is 2.29. The molecule has 0 spiro atoms. The van der Waals surface area contributed by atoms with Crippen LogP contribution in [0.2, 0.25) is 0 Å². The summed E-state index contributed by atoms with van der Waals surface area (Å²) in [7, 11) is 1.97. The van der Waals surface area contributed by atoms with Gasteiger partial charge in [-0.3, -0.25) is 4.98 Å². The number of hydrogen-bond donors (Lipinski definition) is 1. The van der Waals surface area contributed by atoms with E-state index < -0.39 is 0 Å². The van der Waals surface area contributed by atoms with Crippen molar-refractivity contribution in [3.05, 3.63) is 59.9 Å². The lowest BCUT2D eigenvalue weighted by Gasteiger charge is -2.31. The van der Waals surface area contributed by atoms with Gasteiger partial charge in [0, 0.05) is 42.8 Å². The van der Waals surface area contributed by atoms with E-state index in [-0.39, 0.29) is 0 Å². The van der Waals surface area contributed by atoms with Crippen molar-refractivity contribution in [2.75, 3.05) is 11.9 Å². The molecule has 3 nitrogen and oxygen atoms in total. The topological polar surface area (TPSA) is 28.2 Å². The van der Waals surface area contributed by atoms with Crippen LogP contribution in [-0.2, 0) is 13.1 Å². The van der Waals surface area contributed by atoms with Crippen molar-refractivity contribution in [3.8, 4) is 0 Å². The first-order valence-electron chi connectivity index (χ1n) is 7.10. The van der Waals surface area contributed by atoms with Crippen LogP contribution in [0.4, 0.5) is 5.69 Å². The quantitative estimate of drug-likeness (QED) is 0.872. The van der Waals surface area contributed by atoms with E-state index in [9.17, 15) is 0 Å². The lowest BCUT2D eigenvalue weighted by molar-refractivity contribution is 0.673. The molecule has 0 aliphatic heterocycles. The van der Waals surface area contributed by atoms with Gasteiger partial charge >= 0.3 is 0 Å². The van der Waals surface area contributed by atoms with E-state index in [0.717, 1.165) is 13.1 Å². The predicted molar refractivity (Wildman–Crippen MR) is 84.8 cm³/mol. The number of pyridine rings is 1. The van der Waals surface area contributed by atoms with Crippen molar-refractivity contribution in [3.63, 3.8) is 0 Å². The van der Waals surface area contributed by atoms with E-state index in [2.05, 4.69) is 65.4 Å². The maximum Gasteiger partial charge on any atom is 0.0448 e. The number of benzene rings is 1. The van der Waals surface area contributed by atoms with Crippen molar-refractivity contribution in [2.24, 2.45) is 0 Å². The van der Waals surface area contributed by atoms with Crippen LogP contribution in [-0.4, -0.2) is 18.1 Å². The second-order valence-corrected chi connectivity index (χ2v) is 5.24. The van der Waals surface area contributed by atoms with Crippen molar-refractivity contribution >= 4 is 5.69 Å². The van der Waals surface area contributed by atoms with Crippen molar-refractivity contribution in [2.45, 2.75) is 33.0 Å². The van der Waals surface area contributed by atoms with Crippen LogP contribution in [0.3, 0.4) is 0 Å². The highest BCUT2D eigenvalue weighted by molar-refractivity contribution is 5.53. The van der Waals surface area contributed by atoms with E-state index in [1.165, 1.54) is 16.8 Å². The first kappa shape index (κ1) is 14.5. The van der Waals surface area contributed by atoms with E-state index in [1.807, 2.05) is 19.4 Å². The van der Waals surface area contributed by atoms with Crippen LogP contribution in [0.1, 0.15) is 25.0 Å². The molecule has 0 radical (unpaired) electrons. The van der Waals surface area contributed by atoms with Gasteiger partial charge in [0.05, 0.1) is 0 Å². The highest BCUT2D eigenvalue weighted by Crippen LogP contribution is 2.23. The second-order valence-electron chi connectivity index (χ2n) is 5.24. The smallest absolute Gasteiger partial charge is 0.0448 e. The number of hydrogen-bond acceptors (Lipinski definition) is 3. The number of nitrogens with zero attached hydrogens (tertiary/aromatic N) is 2. The molecule has 0 saturated carbocycles. The molecule has 0 unspecified atom stereocenters. The molecule has 0 atom stereocenters. The monoisotopic (exact) mass is 269 g/mol. The Morgan fingerprint density at radius 1 is 1.15 bits per heavy atom. The summed E-state index contributed by atoms with van der Waals surface area (Å²) in [5.41, 5.74) is 3.82. The number of rotatable bonds is 6. The largest absolute Gasteiger partial charge is 0.364 e. The zero-order valence-corrected chi connectivity index (χ0v) is 12.5. The molecule has 1 N–H and O–H groups in total. The van der Waals surface area contributed by atoms with Gasteiger partial charge in [-0.25, -0.2) is 0 Å². The van der Waals surface area contributed by atoms with Crippen LogP contribution < -0.4 is 10.2 Å². The summed E-state index contributed by atoms with van der Waals surface area (Å²) in [5, 5.41) is 3.22. The summed E-state index contributed by atoms with van der Waals surface area (Å²) in [6.45, 7) is 6.21. The van der Waals surface area contributed by atoms with E-state index >= 15 is 0 Å². The minimum atomic E-state index is 0.438. The average Bonchev–Trinajstić information content (AvgIpc) is 2.47. The molecular weight excluding hydrogens is 246 g/mol. The second kappa shape index (κ2) is 7.06. The minimum Gasteiger partial charge on any atom is -0.364 e. The first-order valence-corrected chi connectivity index (χ1v) is 7.10. The van der Waals surface area contributed by atoms with Gasteiger partial charge in [-0.15, -0.1) is 0 Å². The van der Waals surface area contributed by atoms with Gasteiger partial charge in [0.15, 0.2) is 0 Å². The molecule has 1 aromatic carbocycles. The summed E-state index contributed by atoms with van der Waals surface area (Å²) in [4.78, 5) is 6.67. The van der Waals surface area contributed by atoms with Crippen molar-refractivity contribution in [1.82, 2.24) is 10.3 Å². The third-order valence-electron chi connectivity index (χ3n) is 3.37. The zero-order valence-electron chi connectivity index (χ0n) is 12.5. The third kappa shape index (κ3) is 3.58. The fraction of sp³-hybridized carbons (Fsp3) is 0.353. The Hall–Kier alpha value is -1.87. The maximum absolute atomic E-state index is 4.25. The van der Waals surface area contributed by atoms with Crippen LogP contribution in [0.5, 0.6) is 0 Å². The summed E-state index contributed by atoms with van der Waals surface area (Å²) in [6.07, 6.45) is 3.82. The SMILES string of the molecule is CNCc1cnccc1N(Cc1ccccc1)C(C)C. The lowest BCUT2D eigenvalue weighted by atomic mass is 10.1. The van der Waals surface area contributed by atoms with Crippen molar-refractivity contribution < 1.29 is 0 Å². The fourth-order valence-electron chi connectivity index (χ4n) is 2.35. The molecular formula is C17H23N3. The number of anilines is 1. The van der Waals surface area contributed by atoms with Crippen molar-refractivity contribution in [1.29, 1.82) is 0 Å². The van der Waals surface area contributed by atoms with E-state index in [4.69, 9.17) is 0 Å². The Morgan fingerprint density at radius 3 is 2.55 bits per heavy atom. The molecule has 0 saturated heterocycles. The highest BCUT2D eigenvalue weighted by Gasteiger charge is 2.14. The Kier molecular flexibility index (Phi) is 5.13. The Bertz CT molecular complexity index is 523. The van der Waals surface area contributed by atoms with E-state index in [1.54, 1.807) is 0 Å². The lowest BCUT2D eigenvalue weighted by Crippen LogP contribution is -2.31. The Morgan fingerprint density at radius 2 is 1.90 bits per heavy atom. The van der Waals surface area contributed by atoms with Gasteiger partial charge in [0.25, 0.3) is 0 Å². The molecule has 106 valence electrons. The molecule has 1 heterocycles. The molecule has 0 fully saturated rings. The average molecular weight is 269 g/mol. The fourth-order valence-corrected chi connectivity index (χ4v) is 2.35. The van der Waals surface area contributed by atoms with Crippen LogP contribution in [0, 0.1) is 0 Å². The molecule has 2 rings (SSSR count). The highest BCUT2D eigenvalue weighted by atomic mass is 15.2. The zero-order chi connectivity index (χ0) is 14.4. The van der Waals surface area contributed by atoms with Gasteiger partial charge in [0.2, 0.25) is 0 Å². The molecule has 2 aromatic rings. The normalized spacial score (nSPS) is 10.8. The molecule has 0 bridgehead atoms. The first-order chi connectivity index (χ1) is 9.72. The molecule has 20 heavy (non-hydrogen) atoms. The summed E-state index contributed by atoms with van der Waals surface area (Å²) in [5.74, 6) is 0. The molecule has 0 aliphatic carbocycles. The van der Waals surface area contributed by atoms with Gasteiger partial charge in [0.1, 0.15) is 0 Å². The molecule has 0 aliphatic rings. The summed E-state index contributed by atoms with van der Waals surface area (Å²) in [6, 6.07) is 13.1. The van der Waals surface area contributed by atoms with Crippen LogP contribution in [0.15, 0.2) is 48.8 Å². The predicted octanol–water partition coefficient (Wildman–Crippen LogP) is 3.22. The molecule has 1 aromatic heterocycles. The van der Waals surface area contributed by atoms with Gasteiger partial charge < -0.3 is 10.2 Å². The number of aromatic nitrogens is 1. The molecule has 3 heteroatoms. The minimum absolute atomic E-state index is 0.438.